The molecule has 2 aromatic heterocycles. The van der Waals surface area contributed by atoms with Crippen molar-refractivity contribution in [2.75, 3.05) is 0 Å². The van der Waals surface area contributed by atoms with Gasteiger partial charge in [-0.1, -0.05) is 0 Å². The number of carboxylic acid groups (broad SMARTS) is 1. The number of carboxylic acids is 1. The number of carbonyl (C=O) groups excluding carboxylic acids is 1. The smallest absolute Gasteiger partial charge is 0.326 e. The number of nitrogens with one attached hydrogen (secondary N) is 2. The average molecular weight is 279 g/mol. The zero-order valence-electron chi connectivity index (χ0n) is 10.2. The first-order valence-corrected chi connectivity index (χ1v) is 6.51. The average Bonchev–Trinajstić information content (AvgIpc) is 2.99. The van der Waals surface area contributed by atoms with Crippen LogP contribution in [0.15, 0.2) is 24.0 Å². The van der Waals surface area contributed by atoms with Crippen LogP contribution < -0.4 is 5.32 Å². The number of hydrogen-bond donors (Lipinski definition) is 3. The molecule has 0 bridgehead atoms. The van der Waals surface area contributed by atoms with Crippen LogP contribution in [0.4, 0.5) is 0 Å². The second-order valence-electron chi connectivity index (χ2n) is 4.08. The molecule has 2 heterocycles. The predicted octanol–water partition coefficient (Wildman–Crippen LogP) is 1.21. The van der Waals surface area contributed by atoms with Gasteiger partial charge >= 0.3 is 5.97 Å². The molecule has 3 N–H and O–H groups in total. The molecule has 0 saturated heterocycles. The van der Waals surface area contributed by atoms with Crippen LogP contribution in [-0.2, 0) is 11.2 Å². The molecule has 0 aliphatic carbocycles. The minimum Gasteiger partial charge on any atom is -0.480 e. The summed E-state index contributed by atoms with van der Waals surface area (Å²) < 4.78 is 0. The minimum atomic E-state index is -1.07. The topological polar surface area (TPSA) is 95.1 Å². The molecule has 0 unspecified atom stereocenters. The Kier molecular flexibility index (Phi) is 3.96. The molecule has 1 atom stereocenters. The molecular weight excluding hydrogens is 266 g/mol. The van der Waals surface area contributed by atoms with Crippen molar-refractivity contribution < 1.29 is 14.7 Å². The second kappa shape index (κ2) is 5.66. The van der Waals surface area contributed by atoms with Crippen molar-refractivity contribution in [1.82, 2.24) is 15.3 Å². The lowest BCUT2D eigenvalue weighted by atomic mass is 10.1. The van der Waals surface area contributed by atoms with Gasteiger partial charge in [0.05, 0.1) is 11.2 Å². The maximum atomic E-state index is 12.0. The van der Waals surface area contributed by atoms with E-state index in [1.165, 1.54) is 17.7 Å². The lowest BCUT2D eigenvalue weighted by Gasteiger charge is -2.13. The third-order valence-electron chi connectivity index (χ3n) is 2.65. The van der Waals surface area contributed by atoms with Crippen molar-refractivity contribution in [3.05, 3.63) is 40.1 Å². The Morgan fingerprint density at radius 2 is 2.37 bits per heavy atom. The van der Waals surface area contributed by atoms with E-state index in [1.54, 1.807) is 11.6 Å². The number of aliphatic carboxylic acids is 1. The van der Waals surface area contributed by atoms with E-state index in [1.807, 2.05) is 13.0 Å². The summed E-state index contributed by atoms with van der Waals surface area (Å²) in [5.41, 5.74) is 1.50. The van der Waals surface area contributed by atoms with E-state index in [9.17, 15) is 9.59 Å². The minimum absolute atomic E-state index is 0.172. The van der Waals surface area contributed by atoms with Crippen LogP contribution in [0.25, 0.3) is 0 Å². The van der Waals surface area contributed by atoms with E-state index in [-0.39, 0.29) is 12.3 Å². The zero-order chi connectivity index (χ0) is 13.8. The molecular formula is C12H13N3O3S. The van der Waals surface area contributed by atoms with Crippen molar-refractivity contribution in [2.45, 2.75) is 19.4 Å². The Bertz CT molecular complexity index is 577. The van der Waals surface area contributed by atoms with Crippen molar-refractivity contribution in [2.24, 2.45) is 0 Å². The fourth-order valence-corrected chi connectivity index (χ4v) is 2.47. The van der Waals surface area contributed by atoms with E-state index >= 15 is 0 Å². The highest BCUT2D eigenvalue weighted by Crippen LogP contribution is 2.15. The molecule has 100 valence electrons. The van der Waals surface area contributed by atoms with Gasteiger partial charge in [0.15, 0.2) is 0 Å². The fourth-order valence-electron chi connectivity index (χ4n) is 1.65. The van der Waals surface area contributed by atoms with Crippen LogP contribution in [0.5, 0.6) is 0 Å². The summed E-state index contributed by atoms with van der Waals surface area (Å²) in [7, 11) is 0. The van der Waals surface area contributed by atoms with Gasteiger partial charge in [-0.15, -0.1) is 11.3 Å². The van der Waals surface area contributed by atoms with E-state index < -0.39 is 12.0 Å². The van der Waals surface area contributed by atoms with Crippen LogP contribution in [0.3, 0.4) is 0 Å². The van der Waals surface area contributed by atoms with Crippen molar-refractivity contribution >= 4 is 23.2 Å². The SMILES string of the molecule is Cc1ccsc1C(=O)N[C@H](Cc1cnc[nH]1)C(=O)O. The quantitative estimate of drug-likeness (QED) is 0.766. The van der Waals surface area contributed by atoms with E-state index in [2.05, 4.69) is 15.3 Å². The number of amides is 1. The van der Waals surface area contributed by atoms with Crippen LogP contribution in [0.2, 0.25) is 0 Å². The van der Waals surface area contributed by atoms with Crippen molar-refractivity contribution in [3.8, 4) is 0 Å². The van der Waals surface area contributed by atoms with E-state index in [4.69, 9.17) is 5.11 Å². The summed E-state index contributed by atoms with van der Waals surface area (Å²) in [6.07, 6.45) is 3.18. The van der Waals surface area contributed by atoms with E-state index in [0.717, 1.165) is 5.56 Å². The van der Waals surface area contributed by atoms with Gasteiger partial charge in [0.1, 0.15) is 6.04 Å². The summed E-state index contributed by atoms with van der Waals surface area (Å²) in [5, 5.41) is 13.5. The monoisotopic (exact) mass is 279 g/mol. The number of aromatic nitrogens is 2. The number of aromatic amines is 1. The number of hydrogen-bond acceptors (Lipinski definition) is 4. The normalized spacial score (nSPS) is 12.1. The van der Waals surface area contributed by atoms with Gasteiger partial charge in [-0.05, 0) is 23.9 Å². The first kappa shape index (κ1) is 13.3. The standard InChI is InChI=1S/C12H13N3O3S/c1-7-2-3-19-10(7)11(16)15-9(12(17)18)4-8-5-13-6-14-8/h2-3,5-6,9H,4H2,1H3,(H,13,14)(H,15,16)(H,17,18)/t9-/m1/s1. The molecule has 2 rings (SSSR count). The highest BCUT2D eigenvalue weighted by atomic mass is 32.1. The molecule has 0 spiro atoms. The molecule has 19 heavy (non-hydrogen) atoms. The zero-order valence-corrected chi connectivity index (χ0v) is 11.0. The van der Waals surface area contributed by atoms with Gasteiger partial charge in [0.25, 0.3) is 5.91 Å². The number of H-pyrrole nitrogens is 1. The number of carbonyl (C=O) groups is 2. The maximum Gasteiger partial charge on any atom is 0.326 e. The number of nitrogens with zero attached hydrogens (tertiary/aromatic N) is 1. The van der Waals surface area contributed by atoms with Crippen molar-refractivity contribution in [3.63, 3.8) is 0 Å². The Morgan fingerprint density at radius 1 is 1.58 bits per heavy atom. The highest BCUT2D eigenvalue weighted by molar-refractivity contribution is 7.12. The maximum absolute atomic E-state index is 12.0. The van der Waals surface area contributed by atoms with Gasteiger partial charge in [-0.2, -0.15) is 0 Å². The van der Waals surface area contributed by atoms with Crippen molar-refractivity contribution in [1.29, 1.82) is 0 Å². The molecule has 0 aromatic carbocycles. The lowest BCUT2D eigenvalue weighted by molar-refractivity contribution is -0.139. The van der Waals surface area contributed by atoms with Crippen LogP contribution in [0, 0.1) is 6.92 Å². The second-order valence-corrected chi connectivity index (χ2v) is 4.99. The molecule has 2 aromatic rings. The Hall–Kier alpha value is -2.15. The van der Waals surface area contributed by atoms with Gasteiger partial charge in [0.2, 0.25) is 0 Å². The highest BCUT2D eigenvalue weighted by Gasteiger charge is 2.22. The first-order chi connectivity index (χ1) is 9.08. The van der Waals surface area contributed by atoms with Crippen LogP contribution in [0.1, 0.15) is 20.9 Å². The molecule has 0 fully saturated rings. The van der Waals surface area contributed by atoms with Gasteiger partial charge in [0, 0.05) is 18.3 Å². The predicted molar refractivity (Wildman–Crippen MR) is 70.2 cm³/mol. The summed E-state index contributed by atoms with van der Waals surface area (Å²) in [6, 6.07) is 0.846. The molecule has 7 heteroatoms. The summed E-state index contributed by atoms with van der Waals surface area (Å²) >= 11 is 1.29. The summed E-state index contributed by atoms with van der Waals surface area (Å²) in [4.78, 5) is 30.3. The lowest BCUT2D eigenvalue weighted by Crippen LogP contribution is -2.42. The molecule has 0 radical (unpaired) electrons. The third-order valence-corrected chi connectivity index (χ3v) is 3.67. The van der Waals surface area contributed by atoms with Gasteiger partial charge in [-0.3, -0.25) is 4.79 Å². The molecule has 0 aliphatic rings. The van der Waals surface area contributed by atoms with Crippen LogP contribution in [-0.4, -0.2) is 33.0 Å². The first-order valence-electron chi connectivity index (χ1n) is 5.63. The van der Waals surface area contributed by atoms with Gasteiger partial charge in [-0.25, -0.2) is 9.78 Å². The largest absolute Gasteiger partial charge is 0.480 e. The van der Waals surface area contributed by atoms with E-state index in [0.29, 0.717) is 10.6 Å². The molecule has 0 aliphatic heterocycles. The van der Waals surface area contributed by atoms with Gasteiger partial charge < -0.3 is 15.4 Å². The fraction of sp³-hybridized carbons (Fsp3) is 0.250. The molecule has 1 amide bonds. The molecule has 6 nitrogen and oxygen atoms in total. The molecule has 0 saturated carbocycles. The third kappa shape index (κ3) is 3.19. The Morgan fingerprint density at radius 3 is 2.89 bits per heavy atom. The number of thiophene rings is 1. The number of aryl methyl sites for hydroxylation is 1. The Labute approximate surface area is 113 Å². The summed E-state index contributed by atoms with van der Waals surface area (Å²) in [5.74, 6) is -1.43. The number of rotatable bonds is 5. The summed E-state index contributed by atoms with van der Waals surface area (Å²) in [6.45, 7) is 1.82. The Balaban J connectivity index is 2.07. The number of imidazole rings is 1. The van der Waals surface area contributed by atoms with Crippen LogP contribution >= 0.6 is 11.3 Å².